The van der Waals surface area contributed by atoms with Crippen molar-refractivity contribution in [3.63, 3.8) is 0 Å². The molecule has 11 heteroatoms. The molecule has 3 rings (SSSR count). The molecule has 9 nitrogen and oxygen atoms in total. The van der Waals surface area contributed by atoms with E-state index in [4.69, 9.17) is 19.1 Å². The van der Waals surface area contributed by atoms with Crippen LogP contribution in [0.2, 0.25) is 0 Å². The number of nitrogens with zero attached hydrogens (tertiary/aromatic N) is 2. The lowest BCUT2D eigenvalue weighted by atomic mass is 10.2. The van der Waals surface area contributed by atoms with Crippen molar-refractivity contribution in [1.82, 2.24) is 9.97 Å². The van der Waals surface area contributed by atoms with Gasteiger partial charge < -0.3 is 19.9 Å². The molecule has 2 aromatic carbocycles. The number of aliphatic hydroxyl groups is 1. The molecule has 0 saturated carbocycles. The first-order chi connectivity index (χ1) is 13.8. The van der Waals surface area contributed by atoms with Crippen LogP contribution >= 0.6 is 15.9 Å². The topological polar surface area (TPSA) is 131 Å². The van der Waals surface area contributed by atoms with E-state index < -0.39 is 22.5 Å². The summed E-state index contributed by atoms with van der Waals surface area (Å²) >= 11 is 3.46. The van der Waals surface area contributed by atoms with E-state index in [9.17, 15) is 8.42 Å². The third-order valence-corrected chi connectivity index (χ3v) is 4.77. The normalized spacial score (nSPS) is 10.8. The second-order valence-electron chi connectivity index (χ2n) is 5.59. The fourth-order valence-corrected chi connectivity index (χ4v) is 2.93. The summed E-state index contributed by atoms with van der Waals surface area (Å²) in [6.07, 6.45) is 1.52. The monoisotopic (exact) mass is 485 g/mol. The van der Waals surface area contributed by atoms with Gasteiger partial charge in [0.25, 0.3) is 10.1 Å². The number of nitrogens with one attached hydrogen (secondary N) is 1. The highest BCUT2D eigenvalue weighted by Crippen LogP contribution is 2.34. The predicted octanol–water partition coefficient (Wildman–Crippen LogP) is 3.02. The number of anilines is 2. The van der Waals surface area contributed by atoms with Crippen LogP contribution < -0.4 is 14.8 Å². The minimum absolute atomic E-state index is 0.529. The van der Waals surface area contributed by atoms with E-state index in [1.807, 2.05) is 36.4 Å². The van der Waals surface area contributed by atoms with Gasteiger partial charge in [-0.2, -0.15) is 8.42 Å². The highest BCUT2D eigenvalue weighted by molar-refractivity contribution is 9.10. The Morgan fingerprint density at radius 1 is 1.10 bits per heavy atom. The highest BCUT2D eigenvalue weighted by atomic mass is 79.9. The Balaban J connectivity index is 0.000000370. The third-order valence-electron chi connectivity index (χ3n) is 3.58. The number of halogens is 1. The van der Waals surface area contributed by atoms with Crippen molar-refractivity contribution >= 4 is 48.5 Å². The second kappa shape index (κ2) is 10.3. The number of fused-ring (bicyclic) bond motifs is 1. The van der Waals surface area contributed by atoms with E-state index in [0.717, 1.165) is 21.1 Å². The molecule has 0 aliphatic rings. The van der Waals surface area contributed by atoms with Crippen molar-refractivity contribution in [2.24, 2.45) is 0 Å². The van der Waals surface area contributed by atoms with Crippen molar-refractivity contribution in [3.8, 4) is 11.5 Å². The Morgan fingerprint density at radius 3 is 2.34 bits per heavy atom. The summed E-state index contributed by atoms with van der Waals surface area (Å²) in [5, 5.41) is 12.0. The van der Waals surface area contributed by atoms with Crippen LogP contribution in [0.15, 0.2) is 47.2 Å². The van der Waals surface area contributed by atoms with Crippen molar-refractivity contribution < 1.29 is 27.6 Å². The average Bonchev–Trinajstić information content (AvgIpc) is 2.67. The number of ether oxygens (including phenoxy) is 2. The van der Waals surface area contributed by atoms with Crippen LogP contribution in [0.4, 0.5) is 11.5 Å². The number of aliphatic hydroxyl groups excluding tert-OH is 1. The smallest absolute Gasteiger partial charge is 0.267 e. The van der Waals surface area contributed by atoms with Gasteiger partial charge in [0.2, 0.25) is 0 Å². The van der Waals surface area contributed by atoms with Crippen LogP contribution in [-0.4, -0.2) is 54.6 Å². The van der Waals surface area contributed by atoms with Gasteiger partial charge in [-0.15, -0.1) is 0 Å². The van der Waals surface area contributed by atoms with Crippen LogP contribution in [0.25, 0.3) is 10.9 Å². The molecule has 0 saturated heterocycles. The first-order valence-corrected chi connectivity index (χ1v) is 10.6. The maximum atomic E-state index is 9.63. The first-order valence-electron chi connectivity index (χ1n) is 8.22. The van der Waals surface area contributed by atoms with Crippen LogP contribution in [0.3, 0.4) is 0 Å². The quantitative estimate of drug-likeness (QED) is 0.450. The van der Waals surface area contributed by atoms with Crippen LogP contribution in [0, 0.1) is 0 Å². The Hall–Kier alpha value is -2.47. The van der Waals surface area contributed by atoms with E-state index in [2.05, 4.69) is 31.2 Å². The minimum Gasteiger partial charge on any atom is -0.493 e. The fraction of sp³-hybridized carbons (Fsp3) is 0.222. The van der Waals surface area contributed by atoms with Gasteiger partial charge in [0.05, 0.1) is 32.1 Å². The van der Waals surface area contributed by atoms with Gasteiger partial charge in [0.15, 0.2) is 11.5 Å². The molecule has 3 N–H and O–H groups in total. The molecular formula is C18H20BrN3O6S. The maximum Gasteiger partial charge on any atom is 0.267 e. The second-order valence-corrected chi connectivity index (χ2v) is 8.08. The Morgan fingerprint density at radius 2 is 1.79 bits per heavy atom. The number of rotatable bonds is 6. The molecule has 0 radical (unpaired) electrons. The number of aromatic nitrogens is 2. The van der Waals surface area contributed by atoms with Gasteiger partial charge in [-0.05, 0) is 24.3 Å². The van der Waals surface area contributed by atoms with Crippen molar-refractivity contribution in [2.75, 3.05) is 31.9 Å². The molecule has 0 bridgehead atoms. The minimum atomic E-state index is -3.92. The standard InChI is InChI=1S/C16H14BrN3O2.C2H6O4S/c1-21-14-7-12-13(8-15(14)22-2)18-9-19-16(12)20-11-5-3-4-10(17)6-11;3-1-2-7(4,5)6/h3-9H,1-2H3,(H,18,19,20);3H,1-2H2,(H,4,5,6). The summed E-state index contributed by atoms with van der Waals surface area (Å²) in [6, 6.07) is 11.6. The lowest BCUT2D eigenvalue weighted by Gasteiger charge is -2.12. The summed E-state index contributed by atoms with van der Waals surface area (Å²) in [6.45, 7) is -0.529. The molecule has 1 heterocycles. The van der Waals surface area contributed by atoms with Gasteiger partial charge in [-0.1, -0.05) is 22.0 Å². The molecular weight excluding hydrogens is 466 g/mol. The van der Waals surface area contributed by atoms with E-state index in [1.54, 1.807) is 14.2 Å². The largest absolute Gasteiger partial charge is 0.493 e. The number of benzene rings is 2. The van der Waals surface area contributed by atoms with Crippen molar-refractivity contribution in [2.45, 2.75) is 0 Å². The average molecular weight is 486 g/mol. The molecule has 3 aromatic rings. The van der Waals surface area contributed by atoms with Gasteiger partial charge in [-0.3, -0.25) is 4.55 Å². The third kappa shape index (κ3) is 6.82. The fourth-order valence-electron chi connectivity index (χ4n) is 2.30. The van der Waals surface area contributed by atoms with Crippen LogP contribution in [0.1, 0.15) is 0 Å². The number of methoxy groups -OCH3 is 2. The Labute approximate surface area is 176 Å². The molecule has 156 valence electrons. The molecule has 0 unspecified atom stereocenters. The zero-order valence-corrected chi connectivity index (χ0v) is 18.1. The van der Waals surface area contributed by atoms with Crippen LogP contribution in [0.5, 0.6) is 11.5 Å². The van der Waals surface area contributed by atoms with Gasteiger partial charge in [0, 0.05) is 21.6 Å². The molecule has 0 spiro atoms. The Bertz CT molecular complexity index is 1080. The zero-order chi connectivity index (χ0) is 21.4. The SMILES string of the molecule is COc1cc2ncnc(Nc3cccc(Br)c3)c2cc1OC.O=S(=O)(O)CCO. The zero-order valence-electron chi connectivity index (χ0n) is 15.7. The summed E-state index contributed by atoms with van der Waals surface area (Å²) in [5.41, 5.74) is 1.72. The highest BCUT2D eigenvalue weighted by Gasteiger charge is 2.11. The van der Waals surface area contributed by atoms with Gasteiger partial charge in [0.1, 0.15) is 12.1 Å². The van der Waals surface area contributed by atoms with E-state index in [0.29, 0.717) is 17.3 Å². The molecule has 1 aromatic heterocycles. The van der Waals surface area contributed by atoms with Crippen molar-refractivity contribution in [1.29, 1.82) is 0 Å². The number of hydrogen-bond donors (Lipinski definition) is 3. The molecule has 0 aliphatic heterocycles. The summed E-state index contributed by atoms with van der Waals surface area (Å²) in [4.78, 5) is 8.62. The molecule has 29 heavy (non-hydrogen) atoms. The molecule has 0 aliphatic carbocycles. The van der Waals surface area contributed by atoms with Crippen molar-refractivity contribution in [3.05, 3.63) is 47.2 Å². The molecule has 0 amide bonds. The maximum absolute atomic E-state index is 9.63. The summed E-state index contributed by atoms with van der Waals surface area (Å²) in [5.74, 6) is 1.42. The first kappa shape index (κ1) is 22.8. The Kier molecular flexibility index (Phi) is 8.14. The molecule has 0 atom stereocenters. The lowest BCUT2D eigenvalue weighted by Crippen LogP contribution is -2.06. The van der Waals surface area contributed by atoms with E-state index >= 15 is 0 Å². The lowest BCUT2D eigenvalue weighted by molar-refractivity contribution is 0.315. The summed E-state index contributed by atoms with van der Waals surface area (Å²) < 4.78 is 38.7. The van der Waals surface area contributed by atoms with E-state index in [-0.39, 0.29) is 0 Å². The molecule has 0 fully saturated rings. The van der Waals surface area contributed by atoms with E-state index in [1.165, 1.54) is 6.33 Å². The predicted molar refractivity (Wildman–Crippen MR) is 114 cm³/mol. The van der Waals surface area contributed by atoms with Gasteiger partial charge in [-0.25, -0.2) is 9.97 Å². The summed E-state index contributed by atoms with van der Waals surface area (Å²) in [7, 11) is -0.715. The van der Waals surface area contributed by atoms with Crippen LogP contribution in [-0.2, 0) is 10.1 Å². The van der Waals surface area contributed by atoms with Gasteiger partial charge >= 0.3 is 0 Å². The number of hydrogen-bond acceptors (Lipinski definition) is 8.